The maximum absolute atomic E-state index is 12.0. The predicted octanol–water partition coefficient (Wildman–Crippen LogP) is 2.47. The largest absolute Gasteiger partial charge is 0.437 e. The summed E-state index contributed by atoms with van der Waals surface area (Å²) in [4.78, 5) is 18.5. The maximum atomic E-state index is 12.0. The van der Waals surface area contributed by atoms with E-state index in [4.69, 9.17) is 4.74 Å². The number of halogens is 2. The molecule has 0 unspecified atom stereocenters. The van der Waals surface area contributed by atoms with Crippen molar-refractivity contribution in [3.05, 3.63) is 42.9 Å². The number of anilines is 1. The number of carbonyl (C=O) groups is 1. The molecule has 0 radical (unpaired) electrons. The number of nitrogens with zero attached hydrogens (tertiary/aromatic N) is 2. The summed E-state index contributed by atoms with van der Waals surface area (Å²) in [7, 11) is 0. The molecule has 0 aliphatic carbocycles. The number of hydrogen-bond acceptors (Lipinski definition) is 4. The molecule has 5 nitrogen and oxygen atoms in total. The van der Waals surface area contributed by atoms with E-state index in [9.17, 15) is 13.6 Å². The molecule has 1 N–H and O–H groups in total. The van der Waals surface area contributed by atoms with E-state index in [0.29, 0.717) is 5.75 Å². The highest BCUT2D eigenvalue weighted by Gasteiger charge is 2.14. The number of aromatic nitrogens is 2. The Bertz CT molecular complexity index is 547. The third-order valence-electron chi connectivity index (χ3n) is 2.06. The van der Waals surface area contributed by atoms with Crippen molar-refractivity contribution < 1.29 is 18.3 Å². The van der Waals surface area contributed by atoms with Crippen LogP contribution >= 0.6 is 0 Å². The lowest BCUT2D eigenvalue weighted by Gasteiger charge is -2.06. The van der Waals surface area contributed by atoms with E-state index in [-0.39, 0.29) is 11.6 Å². The van der Waals surface area contributed by atoms with Crippen LogP contribution in [0.3, 0.4) is 0 Å². The molecule has 2 aromatic heterocycles. The van der Waals surface area contributed by atoms with Crippen LogP contribution in [0.1, 0.15) is 0 Å². The Morgan fingerprint density at radius 3 is 2.68 bits per heavy atom. The molecule has 0 bridgehead atoms. The van der Waals surface area contributed by atoms with E-state index >= 15 is 0 Å². The smallest absolute Gasteiger partial charge is 0.315 e. The van der Waals surface area contributed by atoms with Crippen LogP contribution in [-0.4, -0.2) is 22.3 Å². The molecule has 0 aromatic carbocycles. The summed E-state index contributed by atoms with van der Waals surface area (Å²) >= 11 is 0. The molecule has 0 aliphatic heterocycles. The molecular weight excluding hydrogens is 256 g/mol. The Morgan fingerprint density at radius 2 is 2.11 bits per heavy atom. The molecule has 1 amide bonds. The fourth-order valence-corrected chi connectivity index (χ4v) is 1.24. The van der Waals surface area contributed by atoms with Gasteiger partial charge in [-0.15, -0.1) is 0 Å². The normalized spacial score (nSPS) is 10.3. The molecule has 2 rings (SSSR count). The van der Waals surface area contributed by atoms with Gasteiger partial charge in [-0.1, -0.05) is 0 Å². The van der Waals surface area contributed by atoms with Crippen molar-refractivity contribution in [3.63, 3.8) is 0 Å². The number of amides is 1. The van der Waals surface area contributed by atoms with Gasteiger partial charge in [0.25, 0.3) is 5.91 Å². The zero-order chi connectivity index (χ0) is 13.7. The summed E-state index contributed by atoms with van der Waals surface area (Å²) in [6.07, 6.45) is 1.27. The first-order chi connectivity index (χ1) is 9.15. The summed E-state index contributed by atoms with van der Waals surface area (Å²) in [6.45, 7) is 0. The molecule has 2 aromatic rings. The SMILES string of the molecule is O=C(Nc1ccc(Oc2cccnc2)nc1)C(F)F. The molecule has 98 valence electrons. The van der Waals surface area contributed by atoms with Crippen LogP contribution in [0, 0.1) is 0 Å². The third-order valence-corrected chi connectivity index (χ3v) is 2.06. The Kier molecular flexibility index (Phi) is 3.97. The van der Waals surface area contributed by atoms with Gasteiger partial charge in [0.05, 0.1) is 18.1 Å². The van der Waals surface area contributed by atoms with Gasteiger partial charge in [-0.2, -0.15) is 8.78 Å². The van der Waals surface area contributed by atoms with Gasteiger partial charge in [0.1, 0.15) is 5.75 Å². The molecule has 0 aliphatic rings. The Balaban J connectivity index is 2.01. The summed E-state index contributed by atoms with van der Waals surface area (Å²) in [5.41, 5.74) is 0.170. The van der Waals surface area contributed by atoms with Gasteiger partial charge in [0.15, 0.2) is 0 Å². The van der Waals surface area contributed by atoms with Gasteiger partial charge >= 0.3 is 6.43 Å². The molecule has 19 heavy (non-hydrogen) atoms. The highest BCUT2D eigenvalue weighted by molar-refractivity contribution is 5.92. The first kappa shape index (κ1) is 12.9. The number of ether oxygens (including phenoxy) is 1. The summed E-state index contributed by atoms with van der Waals surface area (Å²) < 4.78 is 29.4. The van der Waals surface area contributed by atoms with Gasteiger partial charge in [-0.05, 0) is 18.2 Å². The van der Waals surface area contributed by atoms with Crippen molar-refractivity contribution in [2.24, 2.45) is 0 Å². The first-order valence-corrected chi connectivity index (χ1v) is 5.28. The van der Waals surface area contributed by atoms with Crippen molar-refractivity contribution in [2.45, 2.75) is 6.43 Å². The second-order valence-electron chi connectivity index (χ2n) is 3.47. The summed E-state index contributed by atoms with van der Waals surface area (Å²) in [6, 6.07) is 6.26. The van der Waals surface area contributed by atoms with Crippen molar-refractivity contribution in [1.82, 2.24) is 9.97 Å². The van der Waals surface area contributed by atoms with Crippen molar-refractivity contribution in [3.8, 4) is 11.6 Å². The van der Waals surface area contributed by atoms with E-state index < -0.39 is 12.3 Å². The van der Waals surface area contributed by atoms with Crippen molar-refractivity contribution in [1.29, 1.82) is 0 Å². The molecule has 2 heterocycles. The zero-order valence-electron chi connectivity index (χ0n) is 9.59. The summed E-state index contributed by atoms with van der Waals surface area (Å²) in [5.74, 6) is -0.606. The average Bonchev–Trinajstić information content (AvgIpc) is 2.42. The highest BCUT2D eigenvalue weighted by atomic mass is 19.3. The molecule has 0 spiro atoms. The Labute approximate surface area is 107 Å². The first-order valence-electron chi connectivity index (χ1n) is 5.28. The van der Waals surface area contributed by atoms with Crippen molar-refractivity contribution >= 4 is 11.6 Å². The van der Waals surface area contributed by atoms with E-state index in [1.807, 2.05) is 5.32 Å². The van der Waals surface area contributed by atoms with E-state index in [1.165, 1.54) is 24.5 Å². The number of hydrogen-bond donors (Lipinski definition) is 1. The predicted molar refractivity (Wildman–Crippen MR) is 63.2 cm³/mol. The van der Waals surface area contributed by atoms with Gasteiger partial charge in [-0.25, -0.2) is 4.98 Å². The van der Waals surface area contributed by atoms with Crippen LogP contribution in [0.4, 0.5) is 14.5 Å². The zero-order valence-corrected chi connectivity index (χ0v) is 9.59. The van der Waals surface area contributed by atoms with Crippen LogP contribution in [0.25, 0.3) is 0 Å². The van der Waals surface area contributed by atoms with Crippen LogP contribution < -0.4 is 10.1 Å². The summed E-state index contributed by atoms with van der Waals surface area (Å²) in [5, 5.41) is 2.01. The molecule has 0 saturated heterocycles. The quantitative estimate of drug-likeness (QED) is 0.922. The molecule has 7 heteroatoms. The van der Waals surface area contributed by atoms with Gasteiger partial charge < -0.3 is 10.1 Å². The van der Waals surface area contributed by atoms with Crippen LogP contribution in [0.15, 0.2) is 42.9 Å². The van der Waals surface area contributed by atoms with Crippen LogP contribution in [0.2, 0.25) is 0 Å². The van der Waals surface area contributed by atoms with Gasteiger partial charge in [-0.3, -0.25) is 9.78 Å². The number of rotatable bonds is 4. The average molecular weight is 265 g/mol. The van der Waals surface area contributed by atoms with E-state index in [2.05, 4.69) is 9.97 Å². The number of alkyl halides is 2. The minimum Gasteiger partial charge on any atom is -0.437 e. The molecule has 0 atom stereocenters. The highest BCUT2D eigenvalue weighted by Crippen LogP contribution is 2.19. The minimum atomic E-state index is -3.06. The van der Waals surface area contributed by atoms with E-state index in [1.54, 1.807) is 18.3 Å². The van der Waals surface area contributed by atoms with Crippen LogP contribution in [0.5, 0.6) is 11.6 Å². The standard InChI is InChI=1S/C12H9F2N3O2/c13-11(14)12(18)17-8-3-4-10(16-6-8)19-9-2-1-5-15-7-9/h1-7,11H,(H,17,18). The number of pyridine rings is 2. The third kappa shape index (κ3) is 3.70. The second kappa shape index (κ2) is 5.85. The lowest BCUT2D eigenvalue weighted by Crippen LogP contribution is -2.20. The number of carbonyl (C=O) groups excluding carboxylic acids is 1. The lowest BCUT2D eigenvalue weighted by molar-refractivity contribution is -0.126. The Morgan fingerprint density at radius 1 is 1.26 bits per heavy atom. The van der Waals surface area contributed by atoms with Gasteiger partial charge in [0.2, 0.25) is 5.88 Å². The fraction of sp³-hybridized carbons (Fsp3) is 0.0833. The van der Waals surface area contributed by atoms with Crippen molar-refractivity contribution in [2.75, 3.05) is 5.32 Å². The second-order valence-corrected chi connectivity index (χ2v) is 3.47. The molecular formula is C12H9F2N3O2. The molecule has 0 saturated carbocycles. The van der Waals surface area contributed by atoms with E-state index in [0.717, 1.165) is 0 Å². The monoisotopic (exact) mass is 265 g/mol. The minimum absolute atomic E-state index is 0.170. The fourth-order valence-electron chi connectivity index (χ4n) is 1.24. The molecule has 0 fully saturated rings. The number of nitrogens with one attached hydrogen (secondary N) is 1. The lowest BCUT2D eigenvalue weighted by atomic mass is 10.4. The maximum Gasteiger partial charge on any atom is 0.315 e. The topological polar surface area (TPSA) is 64.1 Å². The van der Waals surface area contributed by atoms with Crippen LogP contribution in [-0.2, 0) is 4.79 Å². The van der Waals surface area contributed by atoms with Gasteiger partial charge in [0, 0.05) is 12.3 Å². The Hall–Kier alpha value is -2.57.